The van der Waals surface area contributed by atoms with Gasteiger partial charge in [-0.05, 0) is 49.9 Å². The topological polar surface area (TPSA) is 75.8 Å². The third kappa shape index (κ3) is 3.43. The van der Waals surface area contributed by atoms with Crippen LogP contribution in [0.1, 0.15) is 38.6 Å². The highest BCUT2D eigenvalue weighted by Gasteiger charge is 2.32. The Morgan fingerprint density at radius 3 is 2.70 bits per heavy atom. The predicted octanol–water partition coefficient (Wildman–Crippen LogP) is 5.16. The van der Waals surface area contributed by atoms with Crippen LogP contribution in [0.2, 0.25) is 0 Å². The summed E-state index contributed by atoms with van der Waals surface area (Å²) in [6, 6.07) is 16.4. The smallest absolute Gasteiger partial charge is 0.227 e. The Bertz CT molecular complexity index is 1120. The predicted molar refractivity (Wildman–Crippen MR) is 117 cm³/mol. The van der Waals surface area contributed by atoms with Crippen LogP contribution in [0.25, 0.3) is 33.8 Å². The van der Waals surface area contributed by atoms with Crippen molar-refractivity contribution in [3.05, 3.63) is 54.7 Å². The number of hydrogen-bond donors (Lipinski definition) is 2. The van der Waals surface area contributed by atoms with Crippen molar-refractivity contribution in [1.29, 1.82) is 0 Å². The van der Waals surface area contributed by atoms with Crippen molar-refractivity contribution in [2.45, 2.75) is 38.6 Å². The average molecular weight is 402 g/mol. The number of hydrogen-bond acceptors (Lipinski definition) is 3. The number of para-hydroxylation sites is 2. The first-order chi connectivity index (χ1) is 14.7. The molecule has 2 atom stereocenters. The van der Waals surface area contributed by atoms with Gasteiger partial charge in [-0.15, -0.1) is 0 Å². The van der Waals surface area contributed by atoms with Crippen molar-refractivity contribution < 1.29 is 9.21 Å². The first-order valence-electron chi connectivity index (χ1n) is 10.7. The molecule has 6 heteroatoms. The Hall–Kier alpha value is -3.28. The lowest BCUT2D eigenvalue weighted by molar-refractivity contribution is -0.124. The molecule has 5 rings (SSSR count). The highest BCUT2D eigenvalue weighted by atomic mass is 16.3. The lowest BCUT2D eigenvalue weighted by Gasteiger charge is -2.24. The van der Waals surface area contributed by atoms with Crippen LogP contribution in [0, 0.1) is 5.92 Å². The van der Waals surface area contributed by atoms with E-state index in [1.54, 1.807) is 0 Å². The molecule has 2 N–H and O–H groups in total. The molecule has 2 heterocycles. The molecule has 2 aromatic carbocycles. The molecule has 1 amide bonds. The zero-order chi connectivity index (χ0) is 20.5. The second-order valence-corrected chi connectivity index (χ2v) is 8.05. The van der Waals surface area contributed by atoms with E-state index in [0.29, 0.717) is 11.9 Å². The van der Waals surface area contributed by atoms with Gasteiger partial charge in [0.15, 0.2) is 5.58 Å². The van der Waals surface area contributed by atoms with Gasteiger partial charge in [0.25, 0.3) is 0 Å². The maximum absolute atomic E-state index is 12.3. The zero-order valence-electron chi connectivity index (χ0n) is 17.1. The molecule has 0 radical (unpaired) electrons. The third-order valence-corrected chi connectivity index (χ3v) is 6.01. The number of amides is 1. The number of H-pyrrole nitrogens is 1. The summed E-state index contributed by atoms with van der Waals surface area (Å²) in [5.74, 6) is 0.955. The van der Waals surface area contributed by atoms with Crippen LogP contribution in [0.4, 0.5) is 0 Å². The van der Waals surface area contributed by atoms with Gasteiger partial charge in [-0.3, -0.25) is 9.48 Å². The average Bonchev–Trinajstić information content (AvgIpc) is 3.39. The normalized spacial score (nSPS) is 18.8. The molecule has 1 aliphatic carbocycles. The molecule has 154 valence electrons. The lowest BCUT2D eigenvalue weighted by atomic mass is 10.1. The van der Waals surface area contributed by atoms with E-state index in [2.05, 4.69) is 39.1 Å². The van der Waals surface area contributed by atoms with E-state index < -0.39 is 0 Å². The fourth-order valence-electron chi connectivity index (χ4n) is 4.33. The van der Waals surface area contributed by atoms with Crippen LogP contribution in [-0.4, -0.2) is 27.2 Å². The van der Waals surface area contributed by atoms with Gasteiger partial charge in [-0.25, -0.2) is 4.98 Å². The Morgan fingerprint density at radius 2 is 1.97 bits per heavy atom. The summed E-state index contributed by atoms with van der Waals surface area (Å²) in [7, 11) is 0. The minimum absolute atomic E-state index is 0.117. The number of fused-ring (bicyclic) bond motifs is 1. The molecule has 4 aromatic rings. The van der Waals surface area contributed by atoms with Gasteiger partial charge in [0.1, 0.15) is 5.52 Å². The van der Waals surface area contributed by atoms with Gasteiger partial charge < -0.3 is 14.8 Å². The van der Waals surface area contributed by atoms with E-state index >= 15 is 0 Å². The highest BCUT2D eigenvalue weighted by molar-refractivity contribution is 5.79. The summed E-state index contributed by atoms with van der Waals surface area (Å²) < 4.78 is 8.08. The first kappa shape index (κ1) is 18.7. The van der Waals surface area contributed by atoms with Crippen LogP contribution in [-0.2, 0) is 4.79 Å². The van der Waals surface area contributed by atoms with E-state index in [1.165, 1.54) is 5.69 Å². The Balaban J connectivity index is 1.30. The molecule has 6 nitrogen and oxygen atoms in total. The summed E-state index contributed by atoms with van der Waals surface area (Å²) >= 11 is 0. The van der Waals surface area contributed by atoms with Gasteiger partial charge in [0, 0.05) is 29.8 Å². The first-order valence-corrected chi connectivity index (χ1v) is 10.7. The quantitative estimate of drug-likeness (QED) is 0.468. The second kappa shape index (κ2) is 7.86. The summed E-state index contributed by atoms with van der Waals surface area (Å²) in [6.07, 6.45) is 5.86. The van der Waals surface area contributed by atoms with Gasteiger partial charge in [0.2, 0.25) is 11.8 Å². The SMILES string of the molecule is CCCNC(=O)C1CCC(n2[nH]cc2-c2ccc(-c3nc4ccccc4o3)cc2)C1. The molecule has 1 aliphatic rings. The molecule has 0 aliphatic heterocycles. The molecular formula is C24H26N4O2. The molecule has 30 heavy (non-hydrogen) atoms. The molecule has 0 saturated heterocycles. The zero-order valence-corrected chi connectivity index (χ0v) is 17.1. The molecule has 0 bridgehead atoms. The molecule has 2 unspecified atom stereocenters. The minimum atomic E-state index is 0.117. The standard InChI is InChI=1S/C24H26N4O2/c1-2-13-25-23(29)18-11-12-19(14-18)28-21(15-26-28)16-7-9-17(10-8-16)24-27-20-5-3-4-6-22(20)30-24/h3-10,15,18-19,26H,2,11-14H2,1H3,(H,25,29). The molecule has 0 spiro atoms. The lowest BCUT2D eigenvalue weighted by Crippen LogP contribution is -2.30. The Kier molecular flexibility index (Phi) is 4.91. The van der Waals surface area contributed by atoms with Crippen molar-refractivity contribution in [2.24, 2.45) is 5.92 Å². The maximum Gasteiger partial charge on any atom is 0.227 e. The number of nitrogens with zero attached hydrogens (tertiary/aromatic N) is 2. The van der Waals surface area contributed by atoms with Gasteiger partial charge >= 0.3 is 0 Å². The summed E-state index contributed by atoms with van der Waals surface area (Å²) in [5.41, 5.74) is 4.94. The molecule has 2 aromatic heterocycles. The Labute approximate surface area is 175 Å². The third-order valence-electron chi connectivity index (χ3n) is 6.01. The fourth-order valence-corrected chi connectivity index (χ4v) is 4.33. The number of carbonyl (C=O) groups is 1. The summed E-state index contributed by atoms with van der Waals surface area (Å²) in [5, 5.41) is 6.35. The van der Waals surface area contributed by atoms with Crippen LogP contribution < -0.4 is 5.32 Å². The number of aromatic amines is 1. The van der Waals surface area contributed by atoms with Crippen LogP contribution in [0.5, 0.6) is 0 Å². The number of rotatable bonds is 6. The number of aromatic nitrogens is 3. The van der Waals surface area contributed by atoms with Crippen molar-refractivity contribution in [2.75, 3.05) is 6.54 Å². The van der Waals surface area contributed by atoms with Crippen LogP contribution in [0.3, 0.4) is 0 Å². The monoisotopic (exact) mass is 402 g/mol. The van der Waals surface area contributed by atoms with Gasteiger partial charge in [-0.1, -0.05) is 31.2 Å². The fraction of sp³-hybridized carbons (Fsp3) is 0.333. The number of oxazole rings is 1. The van der Waals surface area contributed by atoms with Crippen molar-refractivity contribution in [3.8, 4) is 22.7 Å². The number of carbonyl (C=O) groups excluding carboxylic acids is 1. The molecule has 1 saturated carbocycles. The van der Waals surface area contributed by atoms with E-state index in [1.807, 2.05) is 42.6 Å². The summed E-state index contributed by atoms with van der Waals surface area (Å²) in [6.45, 7) is 2.84. The van der Waals surface area contributed by atoms with E-state index in [0.717, 1.165) is 54.5 Å². The van der Waals surface area contributed by atoms with Crippen LogP contribution in [0.15, 0.2) is 59.1 Å². The van der Waals surface area contributed by atoms with Crippen molar-refractivity contribution >= 4 is 17.0 Å². The van der Waals surface area contributed by atoms with E-state index in [9.17, 15) is 4.79 Å². The maximum atomic E-state index is 12.3. The van der Waals surface area contributed by atoms with E-state index in [-0.39, 0.29) is 11.8 Å². The summed E-state index contributed by atoms with van der Waals surface area (Å²) in [4.78, 5) is 16.9. The molecular weight excluding hydrogens is 376 g/mol. The largest absolute Gasteiger partial charge is 0.436 e. The van der Waals surface area contributed by atoms with Gasteiger partial charge in [-0.2, -0.15) is 0 Å². The second-order valence-electron chi connectivity index (χ2n) is 8.05. The van der Waals surface area contributed by atoms with Crippen molar-refractivity contribution in [3.63, 3.8) is 0 Å². The number of benzene rings is 2. The highest BCUT2D eigenvalue weighted by Crippen LogP contribution is 2.38. The van der Waals surface area contributed by atoms with Crippen LogP contribution >= 0.6 is 0 Å². The Morgan fingerprint density at radius 1 is 1.17 bits per heavy atom. The molecule has 1 fully saturated rings. The van der Waals surface area contributed by atoms with Crippen molar-refractivity contribution in [1.82, 2.24) is 20.1 Å². The number of nitrogens with one attached hydrogen (secondary N) is 2. The van der Waals surface area contributed by atoms with Gasteiger partial charge in [0.05, 0.1) is 11.7 Å². The van der Waals surface area contributed by atoms with E-state index in [4.69, 9.17) is 4.42 Å². The minimum Gasteiger partial charge on any atom is -0.436 e.